The van der Waals surface area contributed by atoms with E-state index >= 15 is 0 Å². The molecule has 1 aromatic heterocycles. The molecule has 0 aliphatic rings. The molecular formula is C14H10ClNS. The van der Waals surface area contributed by atoms with Crippen molar-refractivity contribution >= 4 is 33.2 Å². The van der Waals surface area contributed by atoms with Crippen molar-refractivity contribution in [3.8, 4) is 11.1 Å². The van der Waals surface area contributed by atoms with E-state index in [1.54, 1.807) is 11.3 Å². The predicted octanol–water partition coefficient (Wildman–Crippen LogP) is 4.93. The Morgan fingerprint density at radius 3 is 2.65 bits per heavy atom. The van der Waals surface area contributed by atoms with Crippen molar-refractivity contribution in [2.75, 3.05) is 0 Å². The van der Waals surface area contributed by atoms with Gasteiger partial charge in [0.05, 0.1) is 15.2 Å². The van der Waals surface area contributed by atoms with Gasteiger partial charge in [-0.15, -0.1) is 11.3 Å². The molecule has 17 heavy (non-hydrogen) atoms. The van der Waals surface area contributed by atoms with Crippen LogP contribution in [-0.4, -0.2) is 4.98 Å². The van der Waals surface area contributed by atoms with E-state index in [1.165, 1.54) is 0 Å². The summed E-state index contributed by atoms with van der Waals surface area (Å²) in [5.41, 5.74) is 3.31. The number of nitrogens with zero attached hydrogens (tertiary/aromatic N) is 1. The second-order valence-electron chi connectivity index (χ2n) is 3.90. The van der Waals surface area contributed by atoms with E-state index in [2.05, 4.69) is 17.1 Å². The number of hydrogen-bond acceptors (Lipinski definition) is 2. The zero-order chi connectivity index (χ0) is 11.8. The lowest BCUT2D eigenvalue weighted by Crippen LogP contribution is -1.80. The Bertz CT molecular complexity index is 673. The summed E-state index contributed by atoms with van der Waals surface area (Å²) in [6.45, 7) is 2.02. The summed E-state index contributed by atoms with van der Waals surface area (Å²) in [5.74, 6) is 0. The minimum absolute atomic E-state index is 0.764. The van der Waals surface area contributed by atoms with Crippen LogP contribution in [0.15, 0.2) is 42.5 Å². The highest BCUT2D eigenvalue weighted by Gasteiger charge is 2.09. The van der Waals surface area contributed by atoms with Crippen molar-refractivity contribution in [3.05, 3.63) is 52.5 Å². The summed E-state index contributed by atoms with van der Waals surface area (Å²) >= 11 is 7.84. The average molecular weight is 260 g/mol. The molecule has 3 heteroatoms. The van der Waals surface area contributed by atoms with Crippen molar-refractivity contribution in [1.82, 2.24) is 4.98 Å². The molecule has 0 aliphatic carbocycles. The van der Waals surface area contributed by atoms with Crippen LogP contribution in [0, 0.1) is 6.92 Å². The molecule has 0 unspecified atom stereocenters. The van der Waals surface area contributed by atoms with Gasteiger partial charge in [0, 0.05) is 10.6 Å². The van der Waals surface area contributed by atoms with Crippen LogP contribution in [0.25, 0.3) is 21.3 Å². The monoisotopic (exact) mass is 259 g/mol. The van der Waals surface area contributed by atoms with E-state index in [1.807, 2.05) is 37.3 Å². The van der Waals surface area contributed by atoms with Gasteiger partial charge in [-0.1, -0.05) is 41.9 Å². The molecule has 0 saturated carbocycles. The number of halogens is 1. The maximum atomic E-state index is 6.16. The highest BCUT2D eigenvalue weighted by Crippen LogP contribution is 2.34. The third kappa shape index (κ3) is 1.94. The minimum atomic E-state index is 0.764. The van der Waals surface area contributed by atoms with Gasteiger partial charge in [0.25, 0.3) is 0 Å². The number of aryl methyl sites for hydroxylation is 1. The highest BCUT2D eigenvalue weighted by atomic mass is 35.5. The second kappa shape index (κ2) is 4.13. The fourth-order valence-electron chi connectivity index (χ4n) is 1.94. The summed E-state index contributed by atoms with van der Waals surface area (Å²) in [5, 5.41) is 1.83. The van der Waals surface area contributed by atoms with Crippen molar-refractivity contribution in [2.24, 2.45) is 0 Å². The number of benzene rings is 2. The van der Waals surface area contributed by atoms with Crippen LogP contribution in [0.3, 0.4) is 0 Å². The molecule has 0 amide bonds. The molecule has 0 aliphatic heterocycles. The average Bonchev–Trinajstić information content (AvgIpc) is 2.69. The first-order chi connectivity index (χ1) is 8.24. The predicted molar refractivity (Wildman–Crippen MR) is 74.8 cm³/mol. The smallest absolute Gasteiger partial charge is 0.0908 e. The van der Waals surface area contributed by atoms with Crippen LogP contribution >= 0.6 is 22.9 Å². The standard InChI is InChI=1S/C14H10ClNS/c1-9-16-14-12(10-5-3-2-4-6-10)7-11(15)8-13(14)17-9/h2-8H,1H3. The molecule has 0 atom stereocenters. The Labute approximate surface area is 109 Å². The lowest BCUT2D eigenvalue weighted by Gasteiger charge is -2.03. The fraction of sp³-hybridized carbons (Fsp3) is 0.0714. The fourth-order valence-corrected chi connectivity index (χ4v) is 3.12. The zero-order valence-electron chi connectivity index (χ0n) is 9.27. The van der Waals surface area contributed by atoms with Crippen LogP contribution < -0.4 is 0 Å². The first-order valence-corrected chi connectivity index (χ1v) is 6.55. The summed E-state index contributed by atoms with van der Waals surface area (Å²) in [7, 11) is 0. The van der Waals surface area contributed by atoms with Crippen LogP contribution in [0.2, 0.25) is 5.02 Å². The topological polar surface area (TPSA) is 12.9 Å². The molecule has 0 saturated heterocycles. The Hall–Kier alpha value is -1.38. The molecule has 0 bridgehead atoms. The Kier molecular flexibility index (Phi) is 2.61. The molecule has 0 radical (unpaired) electrons. The van der Waals surface area contributed by atoms with Gasteiger partial charge in [-0.05, 0) is 24.6 Å². The van der Waals surface area contributed by atoms with Gasteiger partial charge in [0.1, 0.15) is 0 Å². The number of aromatic nitrogens is 1. The zero-order valence-corrected chi connectivity index (χ0v) is 10.8. The summed E-state index contributed by atoms with van der Waals surface area (Å²) < 4.78 is 1.15. The molecule has 1 heterocycles. The Morgan fingerprint density at radius 1 is 1.12 bits per heavy atom. The quantitative estimate of drug-likeness (QED) is 0.604. The van der Waals surface area contributed by atoms with Crippen LogP contribution in [0.4, 0.5) is 0 Å². The Morgan fingerprint density at radius 2 is 1.88 bits per heavy atom. The van der Waals surface area contributed by atoms with Gasteiger partial charge in [-0.25, -0.2) is 4.98 Å². The normalized spacial score (nSPS) is 10.9. The molecule has 3 aromatic rings. The van der Waals surface area contributed by atoms with Crippen LogP contribution in [0.1, 0.15) is 5.01 Å². The molecule has 0 fully saturated rings. The number of thiazole rings is 1. The number of hydrogen-bond donors (Lipinski definition) is 0. The van der Waals surface area contributed by atoms with Gasteiger partial charge < -0.3 is 0 Å². The minimum Gasteiger partial charge on any atom is -0.241 e. The lowest BCUT2D eigenvalue weighted by atomic mass is 10.0. The maximum Gasteiger partial charge on any atom is 0.0908 e. The van der Waals surface area contributed by atoms with Crippen LogP contribution in [-0.2, 0) is 0 Å². The van der Waals surface area contributed by atoms with Crippen molar-refractivity contribution in [2.45, 2.75) is 6.92 Å². The number of fused-ring (bicyclic) bond motifs is 1. The Balaban J connectivity index is 2.35. The van der Waals surface area contributed by atoms with E-state index in [9.17, 15) is 0 Å². The molecule has 3 rings (SSSR count). The second-order valence-corrected chi connectivity index (χ2v) is 5.57. The van der Waals surface area contributed by atoms with Crippen LogP contribution in [0.5, 0.6) is 0 Å². The summed E-state index contributed by atoms with van der Waals surface area (Å²) in [4.78, 5) is 4.59. The van der Waals surface area contributed by atoms with E-state index in [-0.39, 0.29) is 0 Å². The van der Waals surface area contributed by atoms with Gasteiger partial charge >= 0.3 is 0 Å². The SMILES string of the molecule is Cc1nc2c(-c3ccccc3)cc(Cl)cc2s1. The molecule has 1 nitrogen and oxygen atoms in total. The molecule has 2 aromatic carbocycles. The first kappa shape index (κ1) is 10.8. The maximum absolute atomic E-state index is 6.16. The molecule has 0 N–H and O–H groups in total. The van der Waals surface area contributed by atoms with Crippen molar-refractivity contribution in [3.63, 3.8) is 0 Å². The number of rotatable bonds is 1. The summed E-state index contributed by atoms with van der Waals surface area (Å²) in [6, 6.07) is 14.2. The lowest BCUT2D eigenvalue weighted by molar-refractivity contribution is 1.35. The molecular weight excluding hydrogens is 250 g/mol. The van der Waals surface area contributed by atoms with Crippen molar-refractivity contribution < 1.29 is 0 Å². The third-order valence-electron chi connectivity index (χ3n) is 2.65. The van der Waals surface area contributed by atoms with E-state index in [0.717, 1.165) is 31.4 Å². The third-order valence-corrected chi connectivity index (χ3v) is 3.79. The van der Waals surface area contributed by atoms with Gasteiger partial charge in [-0.3, -0.25) is 0 Å². The first-order valence-electron chi connectivity index (χ1n) is 5.36. The van der Waals surface area contributed by atoms with Gasteiger partial charge in [-0.2, -0.15) is 0 Å². The molecule has 0 spiro atoms. The molecule has 84 valence electrons. The van der Waals surface area contributed by atoms with Gasteiger partial charge in [0.2, 0.25) is 0 Å². The summed E-state index contributed by atoms with van der Waals surface area (Å²) in [6.07, 6.45) is 0. The highest BCUT2D eigenvalue weighted by molar-refractivity contribution is 7.18. The van der Waals surface area contributed by atoms with E-state index in [4.69, 9.17) is 11.6 Å². The van der Waals surface area contributed by atoms with Gasteiger partial charge in [0.15, 0.2) is 0 Å². The van der Waals surface area contributed by atoms with E-state index < -0.39 is 0 Å². The van der Waals surface area contributed by atoms with E-state index in [0.29, 0.717) is 0 Å². The van der Waals surface area contributed by atoms with Crippen molar-refractivity contribution in [1.29, 1.82) is 0 Å². The largest absolute Gasteiger partial charge is 0.241 e.